The van der Waals surface area contributed by atoms with Crippen LogP contribution in [0.25, 0.3) is 44.5 Å². The molecule has 0 bridgehead atoms. The zero-order chi connectivity index (χ0) is 30.8. The third kappa shape index (κ3) is 4.55. The van der Waals surface area contributed by atoms with Gasteiger partial charge in [-0.25, -0.2) is 4.98 Å². The van der Waals surface area contributed by atoms with Gasteiger partial charge in [-0.2, -0.15) is 0 Å². The number of para-hydroxylation sites is 1. The zero-order valence-corrected chi connectivity index (χ0v) is 28.1. The van der Waals surface area contributed by atoms with Gasteiger partial charge in [0.05, 0.1) is 22.5 Å². The number of aromatic hydroxyl groups is 1. The summed E-state index contributed by atoms with van der Waals surface area (Å²) in [4.78, 5) is 15.7. The number of hydrogen-bond acceptors (Lipinski definition) is 3. The maximum atomic E-state index is 10.7. The van der Waals surface area contributed by atoms with Crippen LogP contribution in [-0.4, -0.2) is 15.1 Å². The molecule has 3 aromatic heterocycles. The summed E-state index contributed by atoms with van der Waals surface area (Å²) < 4.78 is 0. The van der Waals surface area contributed by atoms with E-state index in [-0.39, 0.29) is 32.2 Å². The predicted molar refractivity (Wildman–Crippen MR) is 181 cm³/mol. The smallest absolute Gasteiger partial charge is 0.124 e. The Balaban J connectivity index is 0.00000338. The molecule has 1 N–H and O–H groups in total. The van der Waals surface area contributed by atoms with E-state index in [4.69, 9.17) is 15.0 Å². The van der Waals surface area contributed by atoms with Crippen molar-refractivity contribution in [2.24, 2.45) is 0 Å². The van der Waals surface area contributed by atoms with E-state index in [2.05, 4.69) is 106 Å². The molecule has 8 rings (SSSR count). The Labute approximate surface area is 283 Å². The molecule has 3 heterocycles. The van der Waals surface area contributed by atoms with Gasteiger partial charge < -0.3 is 10.1 Å². The van der Waals surface area contributed by atoms with Crippen LogP contribution in [0.1, 0.15) is 48.8 Å². The van der Waals surface area contributed by atoms with Gasteiger partial charge in [0.2, 0.25) is 0 Å². The van der Waals surface area contributed by atoms with E-state index in [1.54, 1.807) is 6.07 Å². The molecule has 7 aromatic rings. The quantitative estimate of drug-likeness (QED) is 0.194. The van der Waals surface area contributed by atoms with Gasteiger partial charge in [0, 0.05) is 38.2 Å². The Hall–Kier alpha value is -4.79. The number of phenols is 1. The second kappa shape index (κ2) is 11.2. The molecule has 0 aliphatic heterocycles. The number of phenolic OH excluding ortho intramolecular Hbond substituents is 1. The van der Waals surface area contributed by atoms with E-state index in [1.807, 2.05) is 42.6 Å². The molecule has 0 fully saturated rings. The fraction of sp³-hybridized carbons (Fsp3) is 0.122. The van der Waals surface area contributed by atoms with Crippen molar-refractivity contribution in [1.82, 2.24) is 15.0 Å². The number of nitrogens with zero attached hydrogens (tertiary/aromatic N) is 3. The van der Waals surface area contributed by atoms with Gasteiger partial charge in [-0.1, -0.05) is 118 Å². The van der Waals surface area contributed by atoms with E-state index in [1.165, 1.54) is 27.8 Å². The third-order valence-electron chi connectivity index (χ3n) is 9.15. The van der Waals surface area contributed by atoms with Crippen LogP contribution < -0.4 is 4.98 Å². The van der Waals surface area contributed by atoms with Crippen LogP contribution in [0.3, 0.4) is 0 Å². The van der Waals surface area contributed by atoms with Crippen LogP contribution in [-0.2, 0) is 31.9 Å². The number of benzene rings is 4. The van der Waals surface area contributed by atoms with Gasteiger partial charge in [-0.05, 0) is 69.0 Å². The van der Waals surface area contributed by atoms with Crippen LogP contribution in [0.4, 0.5) is 0 Å². The molecule has 0 saturated carbocycles. The Bertz CT molecular complexity index is 2200. The van der Waals surface area contributed by atoms with Crippen molar-refractivity contribution in [1.29, 1.82) is 0 Å². The van der Waals surface area contributed by atoms with Gasteiger partial charge in [0.1, 0.15) is 5.75 Å². The second-order valence-electron chi connectivity index (χ2n) is 12.8. The fourth-order valence-electron chi connectivity index (χ4n) is 6.95. The molecule has 1 aliphatic rings. The van der Waals surface area contributed by atoms with E-state index < -0.39 is 5.41 Å². The Morgan fingerprint density at radius 2 is 1.30 bits per heavy atom. The van der Waals surface area contributed by atoms with Crippen LogP contribution in [0, 0.1) is 0 Å². The standard InChI is InChI=1S/C41H32N3O.Pt/c1-40(2,3)27-22-23-42-38(25-27)41(32-17-9-6-14-29(32)30-15-7-10-18-33(30)41)37-21-20-34(43-37)39-28-13-5-4-12-26(28)24-35(44-39)31-16-8-11-19-36(31)45;/h4-25H,1-3H3,(H-,43,44,45);/q-1;. The van der Waals surface area contributed by atoms with Crippen molar-refractivity contribution in [2.75, 3.05) is 0 Å². The molecule has 46 heavy (non-hydrogen) atoms. The molecule has 4 aromatic carbocycles. The molecule has 0 radical (unpaired) electrons. The number of aromatic nitrogens is 3. The summed E-state index contributed by atoms with van der Waals surface area (Å²) in [7, 11) is 0. The van der Waals surface area contributed by atoms with Gasteiger partial charge in [0.25, 0.3) is 0 Å². The molecule has 0 unspecified atom stereocenters. The molecule has 228 valence electrons. The van der Waals surface area contributed by atoms with E-state index in [9.17, 15) is 5.11 Å². The van der Waals surface area contributed by atoms with Crippen LogP contribution in [0.15, 0.2) is 134 Å². The summed E-state index contributed by atoms with van der Waals surface area (Å²) in [5.74, 6) is 0.199. The molecule has 5 heteroatoms. The monoisotopic (exact) mass is 777 g/mol. The van der Waals surface area contributed by atoms with Gasteiger partial charge >= 0.3 is 0 Å². The van der Waals surface area contributed by atoms with E-state index in [0.29, 0.717) is 11.3 Å². The summed E-state index contributed by atoms with van der Waals surface area (Å²) in [6.07, 6.45) is 1.94. The largest absolute Gasteiger partial charge is 0.658 e. The molecule has 1 aliphatic carbocycles. The number of pyridine rings is 2. The first kappa shape index (κ1) is 29.9. The van der Waals surface area contributed by atoms with Crippen LogP contribution in [0.2, 0.25) is 0 Å². The van der Waals surface area contributed by atoms with Crippen molar-refractivity contribution in [3.63, 3.8) is 0 Å². The summed E-state index contributed by atoms with van der Waals surface area (Å²) in [5, 5.41) is 12.8. The normalized spacial score (nSPS) is 13.2. The molecule has 0 atom stereocenters. The number of hydrogen-bond donors (Lipinski definition) is 1. The molecule has 4 nitrogen and oxygen atoms in total. The first-order chi connectivity index (χ1) is 21.9. The molecular formula is C41H32N3OPt-. The average Bonchev–Trinajstić information content (AvgIpc) is 3.66. The second-order valence-corrected chi connectivity index (χ2v) is 12.8. The average molecular weight is 778 g/mol. The first-order valence-electron chi connectivity index (χ1n) is 15.3. The minimum absolute atomic E-state index is 0. The first-order valence-corrected chi connectivity index (χ1v) is 15.3. The maximum Gasteiger partial charge on any atom is 0.124 e. The van der Waals surface area contributed by atoms with Crippen molar-refractivity contribution < 1.29 is 26.2 Å². The third-order valence-corrected chi connectivity index (χ3v) is 9.15. The van der Waals surface area contributed by atoms with Crippen LogP contribution >= 0.6 is 0 Å². The predicted octanol–water partition coefficient (Wildman–Crippen LogP) is 9.28. The SMILES string of the molecule is CC(C)(C)c1ccnc(C2(c3ccc(-c4nc(-c5ccccc5O)cc5ccccc45)[n-]3)c3ccccc3-c3ccccc32)c1.[Pt]. The minimum atomic E-state index is -0.711. The van der Waals surface area contributed by atoms with E-state index >= 15 is 0 Å². The summed E-state index contributed by atoms with van der Waals surface area (Å²) in [5.41, 5.74) is 10.0. The van der Waals surface area contributed by atoms with Crippen molar-refractivity contribution in [3.8, 4) is 39.5 Å². The van der Waals surface area contributed by atoms with Gasteiger partial charge in [0.15, 0.2) is 0 Å². The Kier molecular flexibility index (Phi) is 7.29. The van der Waals surface area contributed by atoms with Crippen LogP contribution in [0.5, 0.6) is 5.75 Å². The van der Waals surface area contributed by atoms with E-state index in [0.717, 1.165) is 33.5 Å². The van der Waals surface area contributed by atoms with Gasteiger partial charge in [-0.3, -0.25) is 4.98 Å². The Morgan fingerprint density at radius 3 is 2.00 bits per heavy atom. The Morgan fingerprint density at radius 1 is 0.674 bits per heavy atom. The minimum Gasteiger partial charge on any atom is -0.658 e. The maximum absolute atomic E-state index is 10.7. The molecular weight excluding hydrogens is 746 g/mol. The zero-order valence-electron chi connectivity index (χ0n) is 25.8. The molecule has 0 saturated heterocycles. The molecule has 0 spiro atoms. The fourth-order valence-corrected chi connectivity index (χ4v) is 6.95. The number of rotatable bonds is 4. The summed E-state index contributed by atoms with van der Waals surface area (Å²) in [6.45, 7) is 6.72. The van der Waals surface area contributed by atoms with Gasteiger partial charge in [-0.15, -0.1) is 11.4 Å². The van der Waals surface area contributed by atoms with Crippen molar-refractivity contribution in [3.05, 3.63) is 162 Å². The number of fused-ring (bicyclic) bond motifs is 4. The van der Waals surface area contributed by atoms with Crippen molar-refractivity contribution >= 4 is 10.8 Å². The summed E-state index contributed by atoms with van der Waals surface area (Å²) >= 11 is 0. The summed E-state index contributed by atoms with van der Waals surface area (Å²) in [6, 6.07) is 43.5. The topological polar surface area (TPSA) is 60.1 Å². The molecule has 0 amide bonds. The van der Waals surface area contributed by atoms with Crippen molar-refractivity contribution in [2.45, 2.75) is 31.6 Å².